The van der Waals surface area contributed by atoms with Gasteiger partial charge in [0.15, 0.2) is 0 Å². The van der Waals surface area contributed by atoms with Gasteiger partial charge in [0.05, 0.1) is 25.4 Å². The number of carbonyl (C=O) groups is 1. The Labute approximate surface area is 197 Å². The summed E-state index contributed by atoms with van der Waals surface area (Å²) in [5.41, 5.74) is 3.01. The molecule has 7 heteroatoms. The largest absolute Gasteiger partial charge is 0.494 e. The molecule has 0 bridgehead atoms. The van der Waals surface area contributed by atoms with Gasteiger partial charge in [0.2, 0.25) is 0 Å². The molecule has 33 heavy (non-hydrogen) atoms. The van der Waals surface area contributed by atoms with Crippen LogP contribution in [-0.4, -0.2) is 50.3 Å². The van der Waals surface area contributed by atoms with Crippen LogP contribution in [0, 0.1) is 0 Å². The highest BCUT2D eigenvalue weighted by molar-refractivity contribution is 6.36. The molecule has 6 nitrogen and oxygen atoms in total. The summed E-state index contributed by atoms with van der Waals surface area (Å²) in [7, 11) is 0. The number of furan rings is 1. The van der Waals surface area contributed by atoms with E-state index >= 15 is 0 Å². The molecule has 3 aromatic rings. The van der Waals surface area contributed by atoms with Gasteiger partial charge in [0.1, 0.15) is 17.3 Å². The second-order valence-corrected chi connectivity index (χ2v) is 8.52. The Balaban J connectivity index is 1.20. The predicted molar refractivity (Wildman–Crippen MR) is 129 cm³/mol. The summed E-state index contributed by atoms with van der Waals surface area (Å²) in [4.78, 5) is 14.8. The summed E-state index contributed by atoms with van der Waals surface area (Å²) in [6, 6.07) is 17.0. The molecule has 1 fully saturated rings. The molecule has 1 aromatic heterocycles. The van der Waals surface area contributed by atoms with Crippen LogP contribution in [-0.2, 0) is 9.53 Å². The second-order valence-electron chi connectivity index (χ2n) is 8.08. The maximum atomic E-state index is 12.4. The first kappa shape index (κ1) is 21.8. The molecule has 2 aliphatic rings. The third kappa shape index (κ3) is 5.14. The predicted octanol–water partition coefficient (Wildman–Crippen LogP) is 5.19. The van der Waals surface area contributed by atoms with Crippen molar-refractivity contribution in [2.45, 2.75) is 6.42 Å². The first-order valence-corrected chi connectivity index (χ1v) is 11.5. The van der Waals surface area contributed by atoms with E-state index in [1.54, 1.807) is 24.3 Å². The van der Waals surface area contributed by atoms with E-state index < -0.39 is 0 Å². The SMILES string of the molecule is O=C1Nc2ccc(Cl)cc2/C1=C/c1ccc(-c2ccc(OCCCN3CCOCC3)cc2)o1. The van der Waals surface area contributed by atoms with Crippen LogP contribution in [0.3, 0.4) is 0 Å². The van der Waals surface area contributed by atoms with E-state index in [-0.39, 0.29) is 5.91 Å². The zero-order valence-electron chi connectivity index (χ0n) is 18.2. The molecule has 0 atom stereocenters. The molecule has 0 radical (unpaired) electrons. The first-order valence-electron chi connectivity index (χ1n) is 11.1. The zero-order chi connectivity index (χ0) is 22.6. The van der Waals surface area contributed by atoms with E-state index in [1.165, 1.54) is 0 Å². The monoisotopic (exact) mass is 464 g/mol. The van der Waals surface area contributed by atoms with Crippen LogP contribution in [0.4, 0.5) is 5.69 Å². The molecular formula is C26H25ClN2O4. The third-order valence-corrected chi connectivity index (χ3v) is 6.04. The molecule has 170 valence electrons. The van der Waals surface area contributed by atoms with Gasteiger partial charge in [0, 0.05) is 41.5 Å². The topological polar surface area (TPSA) is 63.9 Å². The van der Waals surface area contributed by atoms with Crippen molar-refractivity contribution in [3.05, 3.63) is 70.9 Å². The lowest BCUT2D eigenvalue weighted by molar-refractivity contribution is -0.110. The van der Waals surface area contributed by atoms with Gasteiger partial charge < -0.3 is 19.2 Å². The van der Waals surface area contributed by atoms with Crippen molar-refractivity contribution in [2.75, 3.05) is 44.8 Å². The Hall–Kier alpha value is -3.06. The van der Waals surface area contributed by atoms with Gasteiger partial charge >= 0.3 is 0 Å². The van der Waals surface area contributed by atoms with E-state index in [0.717, 1.165) is 67.6 Å². The highest BCUT2D eigenvalue weighted by atomic mass is 35.5. The van der Waals surface area contributed by atoms with Gasteiger partial charge in [-0.3, -0.25) is 9.69 Å². The maximum absolute atomic E-state index is 12.4. The highest BCUT2D eigenvalue weighted by Gasteiger charge is 2.24. The molecule has 0 unspecified atom stereocenters. The normalized spacial score (nSPS) is 17.2. The van der Waals surface area contributed by atoms with Crippen molar-refractivity contribution in [1.82, 2.24) is 4.90 Å². The van der Waals surface area contributed by atoms with Crippen LogP contribution in [0.25, 0.3) is 23.0 Å². The number of rotatable bonds is 7. The van der Waals surface area contributed by atoms with Gasteiger partial charge in [0.25, 0.3) is 5.91 Å². The molecule has 0 aliphatic carbocycles. The Morgan fingerprint density at radius 2 is 1.88 bits per heavy atom. The van der Waals surface area contributed by atoms with Gasteiger partial charge in [-0.25, -0.2) is 0 Å². The van der Waals surface area contributed by atoms with Crippen molar-refractivity contribution >= 4 is 34.8 Å². The molecule has 1 saturated heterocycles. The minimum Gasteiger partial charge on any atom is -0.494 e. The highest BCUT2D eigenvalue weighted by Crippen LogP contribution is 2.35. The molecule has 2 aromatic carbocycles. The number of hydrogen-bond acceptors (Lipinski definition) is 5. The van der Waals surface area contributed by atoms with Crippen LogP contribution in [0.5, 0.6) is 5.75 Å². The van der Waals surface area contributed by atoms with Crippen LogP contribution in [0.15, 0.2) is 59.0 Å². The summed E-state index contributed by atoms with van der Waals surface area (Å²) in [5.74, 6) is 2.00. The number of benzene rings is 2. The van der Waals surface area contributed by atoms with Crippen molar-refractivity contribution in [3.63, 3.8) is 0 Å². The lowest BCUT2D eigenvalue weighted by atomic mass is 10.1. The quantitative estimate of drug-likeness (QED) is 0.385. The molecule has 0 spiro atoms. The summed E-state index contributed by atoms with van der Waals surface area (Å²) in [6.45, 7) is 5.36. The number of nitrogens with one attached hydrogen (secondary N) is 1. The number of ether oxygens (including phenoxy) is 2. The van der Waals surface area contributed by atoms with Crippen molar-refractivity contribution in [1.29, 1.82) is 0 Å². The standard InChI is InChI=1S/C26H25ClN2O4/c27-19-4-8-24-22(16-19)23(26(30)28-24)17-21-7-9-25(33-21)18-2-5-20(6-3-18)32-13-1-10-29-11-14-31-15-12-29/h2-9,16-17H,1,10-15H2,(H,28,30)/b23-17-. The van der Waals surface area contributed by atoms with Crippen molar-refractivity contribution in [3.8, 4) is 17.1 Å². The molecular weight excluding hydrogens is 440 g/mol. The number of carbonyl (C=O) groups excluding carboxylic acids is 1. The number of nitrogens with zero attached hydrogens (tertiary/aromatic N) is 1. The van der Waals surface area contributed by atoms with Crippen molar-refractivity contribution in [2.24, 2.45) is 0 Å². The van der Waals surface area contributed by atoms with E-state index in [9.17, 15) is 4.79 Å². The van der Waals surface area contributed by atoms with Crippen molar-refractivity contribution < 1.29 is 18.7 Å². The van der Waals surface area contributed by atoms with Gasteiger partial charge in [-0.1, -0.05) is 11.6 Å². The fraction of sp³-hybridized carbons (Fsp3) is 0.269. The Bertz CT molecular complexity index is 1160. The lowest BCUT2D eigenvalue weighted by Crippen LogP contribution is -2.37. The van der Waals surface area contributed by atoms with Crippen LogP contribution in [0.1, 0.15) is 17.7 Å². The Morgan fingerprint density at radius 1 is 1.06 bits per heavy atom. The lowest BCUT2D eigenvalue weighted by Gasteiger charge is -2.26. The van der Waals surface area contributed by atoms with Gasteiger partial charge in [-0.05, 0) is 67.1 Å². The van der Waals surface area contributed by atoms with E-state index in [2.05, 4.69) is 10.2 Å². The average molecular weight is 465 g/mol. The smallest absolute Gasteiger partial charge is 0.256 e. The molecule has 3 heterocycles. The molecule has 5 rings (SSSR count). The number of hydrogen-bond donors (Lipinski definition) is 1. The second kappa shape index (κ2) is 9.83. The Kier molecular flexibility index (Phi) is 6.48. The summed E-state index contributed by atoms with van der Waals surface area (Å²) in [6.07, 6.45) is 2.73. The minimum atomic E-state index is -0.166. The first-order chi connectivity index (χ1) is 16.2. The van der Waals surface area contributed by atoms with Crippen LogP contribution >= 0.6 is 11.6 Å². The molecule has 2 aliphatic heterocycles. The number of morpholine rings is 1. The van der Waals surface area contributed by atoms with E-state index in [0.29, 0.717) is 23.0 Å². The number of fused-ring (bicyclic) bond motifs is 1. The summed E-state index contributed by atoms with van der Waals surface area (Å²) < 4.78 is 17.2. The van der Waals surface area contributed by atoms with Gasteiger partial charge in [-0.2, -0.15) is 0 Å². The summed E-state index contributed by atoms with van der Waals surface area (Å²) >= 11 is 6.11. The molecule has 0 saturated carbocycles. The van der Waals surface area contributed by atoms with Crippen LogP contribution in [0.2, 0.25) is 5.02 Å². The van der Waals surface area contributed by atoms with Crippen LogP contribution < -0.4 is 10.1 Å². The maximum Gasteiger partial charge on any atom is 0.256 e. The van der Waals surface area contributed by atoms with E-state index in [1.807, 2.05) is 36.4 Å². The van der Waals surface area contributed by atoms with E-state index in [4.69, 9.17) is 25.5 Å². The van der Waals surface area contributed by atoms with Gasteiger partial charge in [-0.15, -0.1) is 0 Å². The third-order valence-electron chi connectivity index (χ3n) is 5.81. The minimum absolute atomic E-state index is 0.166. The Morgan fingerprint density at radius 3 is 2.70 bits per heavy atom. The zero-order valence-corrected chi connectivity index (χ0v) is 18.9. The number of anilines is 1. The fourth-order valence-electron chi connectivity index (χ4n) is 4.05. The summed E-state index contributed by atoms with van der Waals surface area (Å²) in [5, 5.41) is 3.43. The fourth-order valence-corrected chi connectivity index (χ4v) is 4.22. The number of amides is 1. The number of halogens is 1. The molecule has 1 N–H and O–H groups in total. The average Bonchev–Trinajstić information content (AvgIpc) is 3.43. The molecule has 1 amide bonds.